The Morgan fingerprint density at radius 1 is 0.935 bits per heavy atom. The molecular weight excluding hydrogens is 412 g/mol. The fraction of sp³-hybridized carbons (Fsp3) is 0.120. The van der Waals surface area contributed by atoms with Crippen molar-refractivity contribution in [2.24, 2.45) is 0 Å². The van der Waals surface area contributed by atoms with E-state index in [-0.39, 0.29) is 5.70 Å². The minimum absolute atomic E-state index is 0.229. The summed E-state index contributed by atoms with van der Waals surface area (Å²) in [6.07, 6.45) is 0.918. The molecule has 0 fully saturated rings. The summed E-state index contributed by atoms with van der Waals surface area (Å²) in [5.74, 6) is -0.384. The highest BCUT2D eigenvalue weighted by molar-refractivity contribution is 6.46. The van der Waals surface area contributed by atoms with E-state index in [1.54, 1.807) is 18.2 Å². The Morgan fingerprint density at radius 3 is 2.26 bits per heavy atom. The first-order valence-electron chi connectivity index (χ1n) is 9.91. The Hall–Kier alpha value is -3.57. The lowest BCUT2D eigenvalue weighted by atomic mass is 10.0. The third kappa shape index (κ3) is 3.92. The molecular formula is C25H21ClN2O3. The normalized spacial score (nSPS) is 13.7. The predicted octanol–water partition coefficient (Wildman–Crippen LogP) is 5.31. The van der Waals surface area contributed by atoms with E-state index in [9.17, 15) is 9.59 Å². The SMILES string of the molecule is CCc1ccc(NC2=C(c3ccccc3)C(=O)N(c3ccc(OC)c(Cl)c3)C2=O)cc1. The second-order valence-corrected chi connectivity index (χ2v) is 7.46. The minimum atomic E-state index is -0.440. The van der Waals surface area contributed by atoms with Gasteiger partial charge in [0.25, 0.3) is 11.8 Å². The van der Waals surface area contributed by atoms with Gasteiger partial charge in [0.05, 0.1) is 23.4 Å². The van der Waals surface area contributed by atoms with Crippen LogP contribution in [0.1, 0.15) is 18.1 Å². The molecule has 0 spiro atoms. The molecule has 1 aliphatic heterocycles. The summed E-state index contributed by atoms with van der Waals surface area (Å²) in [7, 11) is 1.51. The summed E-state index contributed by atoms with van der Waals surface area (Å²) in [5.41, 5.74) is 3.51. The number of ether oxygens (including phenoxy) is 1. The van der Waals surface area contributed by atoms with Crippen LogP contribution in [0.5, 0.6) is 5.75 Å². The first-order chi connectivity index (χ1) is 15.0. The highest BCUT2D eigenvalue weighted by Gasteiger charge is 2.40. The number of nitrogens with one attached hydrogen (secondary N) is 1. The van der Waals surface area contributed by atoms with Crippen LogP contribution in [0, 0.1) is 0 Å². The van der Waals surface area contributed by atoms with Crippen molar-refractivity contribution < 1.29 is 14.3 Å². The van der Waals surface area contributed by atoms with Crippen molar-refractivity contribution in [2.75, 3.05) is 17.3 Å². The van der Waals surface area contributed by atoms with Crippen LogP contribution in [0.2, 0.25) is 5.02 Å². The topological polar surface area (TPSA) is 58.6 Å². The number of nitrogens with zero attached hydrogens (tertiary/aromatic N) is 1. The van der Waals surface area contributed by atoms with Gasteiger partial charge in [-0.2, -0.15) is 0 Å². The van der Waals surface area contributed by atoms with Crippen LogP contribution in [-0.4, -0.2) is 18.9 Å². The Bertz CT molecular complexity index is 1170. The second kappa shape index (κ2) is 8.66. The molecule has 3 aromatic rings. The molecule has 4 rings (SSSR count). The maximum absolute atomic E-state index is 13.4. The minimum Gasteiger partial charge on any atom is -0.495 e. The van der Waals surface area contributed by atoms with Crippen molar-refractivity contribution in [1.82, 2.24) is 0 Å². The number of amides is 2. The summed E-state index contributed by atoms with van der Waals surface area (Å²) in [6.45, 7) is 2.08. The number of rotatable bonds is 6. The molecule has 0 bridgehead atoms. The van der Waals surface area contributed by atoms with Gasteiger partial charge in [-0.05, 0) is 47.9 Å². The zero-order valence-corrected chi connectivity index (χ0v) is 17.9. The molecule has 0 unspecified atom stereocenters. The molecule has 6 heteroatoms. The fourth-order valence-corrected chi connectivity index (χ4v) is 3.77. The number of aryl methyl sites for hydroxylation is 1. The van der Waals surface area contributed by atoms with E-state index in [0.29, 0.717) is 27.6 Å². The molecule has 1 N–H and O–H groups in total. The lowest BCUT2D eigenvalue weighted by Gasteiger charge is -2.16. The van der Waals surface area contributed by atoms with Gasteiger partial charge < -0.3 is 10.1 Å². The largest absolute Gasteiger partial charge is 0.495 e. The Labute approximate surface area is 185 Å². The van der Waals surface area contributed by atoms with Crippen LogP contribution < -0.4 is 15.0 Å². The van der Waals surface area contributed by atoms with Crippen molar-refractivity contribution in [3.8, 4) is 5.75 Å². The van der Waals surface area contributed by atoms with Gasteiger partial charge >= 0.3 is 0 Å². The quantitative estimate of drug-likeness (QED) is 0.536. The van der Waals surface area contributed by atoms with Gasteiger partial charge in [0, 0.05) is 5.69 Å². The van der Waals surface area contributed by atoms with Crippen LogP contribution >= 0.6 is 11.6 Å². The van der Waals surface area contributed by atoms with Crippen LogP contribution in [0.15, 0.2) is 78.5 Å². The first kappa shape index (κ1) is 20.7. The summed E-state index contributed by atoms with van der Waals surface area (Å²) in [6, 6.07) is 21.8. The summed E-state index contributed by atoms with van der Waals surface area (Å²) in [4.78, 5) is 28.0. The molecule has 0 saturated carbocycles. The molecule has 0 atom stereocenters. The molecule has 0 radical (unpaired) electrons. The van der Waals surface area contributed by atoms with Crippen molar-refractivity contribution in [1.29, 1.82) is 0 Å². The van der Waals surface area contributed by atoms with Gasteiger partial charge in [0.15, 0.2) is 0 Å². The highest BCUT2D eigenvalue weighted by Crippen LogP contribution is 2.36. The number of carbonyl (C=O) groups is 2. The zero-order chi connectivity index (χ0) is 22.0. The molecule has 2 amide bonds. The third-order valence-corrected chi connectivity index (χ3v) is 5.47. The van der Waals surface area contributed by atoms with Crippen LogP contribution in [0.25, 0.3) is 5.57 Å². The van der Waals surface area contributed by atoms with E-state index in [2.05, 4.69) is 12.2 Å². The average molecular weight is 433 g/mol. The molecule has 0 aliphatic carbocycles. The number of hydrogen-bond donors (Lipinski definition) is 1. The van der Waals surface area contributed by atoms with Crippen LogP contribution in [-0.2, 0) is 16.0 Å². The molecule has 156 valence electrons. The number of benzene rings is 3. The van der Waals surface area contributed by atoms with Crippen molar-refractivity contribution >= 4 is 40.4 Å². The van der Waals surface area contributed by atoms with Gasteiger partial charge in [-0.25, -0.2) is 4.90 Å². The predicted molar refractivity (Wildman–Crippen MR) is 123 cm³/mol. The maximum Gasteiger partial charge on any atom is 0.282 e. The number of imide groups is 1. The van der Waals surface area contributed by atoms with Gasteiger partial charge in [-0.1, -0.05) is 61.0 Å². The highest BCUT2D eigenvalue weighted by atomic mass is 35.5. The van der Waals surface area contributed by atoms with Gasteiger partial charge in [-0.15, -0.1) is 0 Å². The molecule has 1 heterocycles. The number of hydrogen-bond acceptors (Lipinski definition) is 4. The van der Waals surface area contributed by atoms with E-state index < -0.39 is 11.8 Å². The first-order valence-corrected chi connectivity index (χ1v) is 10.3. The second-order valence-electron chi connectivity index (χ2n) is 7.06. The lowest BCUT2D eigenvalue weighted by molar-refractivity contribution is -0.120. The van der Waals surface area contributed by atoms with E-state index in [1.165, 1.54) is 12.7 Å². The molecule has 31 heavy (non-hydrogen) atoms. The molecule has 5 nitrogen and oxygen atoms in total. The molecule has 0 aromatic heterocycles. The third-order valence-electron chi connectivity index (χ3n) is 5.17. The Balaban J connectivity index is 1.77. The lowest BCUT2D eigenvalue weighted by Crippen LogP contribution is -2.32. The fourth-order valence-electron chi connectivity index (χ4n) is 3.52. The van der Waals surface area contributed by atoms with Gasteiger partial charge in [-0.3, -0.25) is 9.59 Å². The standard InChI is InChI=1S/C25H21ClN2O3/c1-3-16-9-11-18(12-10-16)27-23-22(17-7-5-4-6-8-17)24(29)28(25(23)30)19-13-14-21(31-2)20(26)15-19/h4-15,27H,3H2,1-2H3. The number of halogens is 1. The van der Waals surface area contributed by atoms with E-state index >= 15 is 0 Å². The number of anilines is 2. The monoisotopic (exact) mass is 432 g/mol. The number of methoxy groups -OCH3 is 1. The Morgan fingerprint density at radius 2 is 1.65 bits per heavy atom. The maximum atomic E-state index is 13.4. The van der Waals surface area contributed by atoms with Crippen molar-refractivity contribution in [3.63, 3.8) is 0 Å². The average Bonchev–Trinajstić information content (AvgIpc) is 3.04. The van der Waals surface area contributed by atoms with Gasteiger partial charge in [0.2, 0.25) is 0 Å². The van der Waals surface area contributed by atoms with Crippen LogP contribution in [0.4, 0.5) is 11.4 Å². The summed E-state index contributed by atoms with van der Waals surface area (Å²) < 4.78 is 5.18. The zero-order valence-electron chi connectivity index (χ0n) is 17.2. The molecule has 3 aromatic carbocycles. The van der Waals surface area contributed by atoms with Crippen molar-refractivity contribution in [3.05, 3.63) is 94.6 Å². The van der Waals surface area contributed by atoms with Crippen LogP contribution in [0.3, 0.4) is 0 Å². The van der Waals surface area contributed by atoms with Gasteiger partial charge in [0.1, 0.15) is 11.4 Å². The summed E-state index contributed by atoms with van der Waals surface area (Å²) in [5, 5.41) is 3.49. The summed E-state index contributed by atoms with van der Waals surface area (Å²) >= 11 is 6.25. The van der Waals surface area contributed by atoms with E-state index in [4.69, 9.17) is 16.3 Å². The number of carbonyl (C=O) groups excluding carboxylic acids is 2. The van der Waals surface area contributed by atoms with Crippen molar-refractivity contribution in [2.45, 2.75) is 13.3 Å². The molecule has 1 aliphatic rings. The van der Waals surface area contributed by atoms with E-state index in [1.807, 2.05) is 54.6 Å². The molecule has 0 saturated heterocycles. The Kier molecular flexibility index (Phi) is 5.78. The smallest absolute Gasteiger partial charge is 0.282 e. The van der Waals surface area contributed by atoms with E-state index in [0.717, 1.165) is 17.0 Å².